The van der Waals surface area contributed by atoms with Crippen LogP contribution in [0.15, 0.2) is 0 Å². The molecule has 0 saturated carbocycles. The van der Waals surface area contributed by atoms with E-state index in [1.807, 2.05) is 9.80 Å². The Morgan fingerprint density at radius 2 is 0.900 bits per heavy atom. The van der Waals surface area contributed by atoms with Crippen LogP contribution in [0.5, 0.6) is 0 Å². The van der Waals surface area contributed by atoms with Gasteiger partial charge < -0.3 is 9.80 Å². The molecule has 2 aliphatic heterocycles. The fourth-order valence-electron chi connectivity index (χ4n) is 2.68. The largest absolute Gasteiger partial charge is 0.359 e. The summed E-state index contributed by atoms with van der Waals surface area (Å²) in [6.45, 7) is 3.09. The molecule has 0 aromatic carbocycles. The minimum absolute atomic E-state index is 0.147. The Kier molecular flexibility index (Phi) is 5.60. The Labute approximate surface area is 130 Å². The highest BCUT2D eigenvalue weighted by atomic mass is 32.1. The van der Waals surface area contributed by atoms with Crippen molar-refractivity contribution in [1.82, 2.24) is 9.80 Å². The average molecular weight is 312 g/mol. The Balaban J connectivity index is 1.94. The molecule has 20 heavy (non-hydrogen) atoms. The van der Waals surface area contributed by atoms with Gasteiger partial charge in [0.15, 0.2) is 9.98 Å². The maximum absolute atomic E-state index is 12.2. The van der Waals surface area contributed by atoms with Crippen LogP contribution in [0.3, 0.4) is 0 Å². The highest BCUT2D eigenvalue weighted by molar-refractivity contribution is 7.83. The third-order valence-corrected chi connectivity index (χ3v) is 4.77. The molecule has 0 aromatic heterocycles. The quantitative estimate of drug-likeness (QED) is 0.584. The lowest BCUT2D eigenvalue weighted by molar-refractivity contribution is -0.129. The highest BCUT2D eigenvalue weighted by Gasteiger charge is 2.30. The molecule has 2 aliphatic rings. The molecule has 0 atom stereocenters. The van der Waals surface area contributed by atoms with Gasteiger partial charge >= 0.3 is 0 Å². The maximum atomic E-state index is 12.2. The standard InChI is InChI=1S/C14H20N2O2S2/c17-11(13(19)15-7-3-1-4-8-15)12(18)14(20)16-9-5-2-6-10-16/h1-10H2. The van der Waals surface area contributed by atoms with Gasteiger partial charge in [0.2, 0.25) is 0 Å². The summed E-state index contributed by atoms with van der Waals surface area (Å²) in [4.78, 5) is 28.3. The summed E-state index contributed by atoms with van der Waals surface area (Å²) in [6.07, 6.45) is 6.42. The molecule has 0 radical (unpaired) electrons. The van der Waals surface area contributed by atoms with Crippen LogP contribution < -0.4 is 0 Å². The zero-order valence-corrected chi connectivity index (χ0v) is 13.2. The fourth-order valence-corrected chi connectivity index (χ4v) is 3.23. The van der Waals surface area contributed by atoms with Gasteiger partial charge in [-0.2, -0.15) is 0 Å². The van der Waals surface area contributed by atoms with Gasteiger partial charge in [0.05, 0.1) is 0 Å². The second kappa shape index (κ2) is 7.22. The summed E-state index contributed by atoms with van der Waals surface area (Å²) in [5.74, 6) is -1.20. The Bertz CT molecular complexity index is 385. The van der Waals surface area contributed by atoms with Crippen molar-refractivity contribution in [3.63, 3.8) is 0 Å². The van der Waals surface area contributed by atoms with Gasteiger partial charge in [0, 0.05) is 26.2 Å². The first kappa shape index (κ1) is 15.5. The van der Waals surface area contributed by atoms with Crippen LogP contribution in [0, 0.1) is 0 Å². The monoisotopic (exact) mass is 312 g/mol. The fraction of sp³-hybridized carbons (Fsp3) is 0.714. The normalized spacial score (nSPS) is 19.6. The van der Waals surface area contributed by atoms with Gasteiger partial charge in [0.1, 0.15) is 0 Å². The molecule has 6 heteroatoms. The summed E-state index contributed by atoms with van der Waals surface area (Å²) in [5, 5.41) is 0. The summed E-state index contributed by atoms with van der Waals surface area (Å²) < 4.78 is 0. The highest BCUT2D eigenvalue weighted by Crippen LogP contribution is 2.13. The molecule has 4 nitrogen and oxygen atoms in total. The Hall–Kier alpha value is -0.880. The van der Waals surface area contributed by atoms with Gasteiger partial charge in [-0.05, 0) is 38.5 Å². The minimum Gasteiger partial charge on any atom is -0.359 e. The van der Waals surface area contributed by atoms with Crippen molar-refractivity contribution < 1.29 is 9.59 Å². The van der Waals surface area contributed by atoms with Crippen LogP contribution in [-0.4, -0.2) is 57.5 Å². The van der Waals surface area contributed by atoms with E-state index in [0.29, 0.717) is 0 Å². The number of thiocarbonyl (C=S) groups is 2. The predicted octanol–water partition coefficient (Wildman–Crippen LogP) is 1.75. The molecular formula is C14H20N2O2S2. The number of hydrogen-bond acceptors (Lipinski definition) is 4. The third kappa shape index (κ3) is 3.61. The van der Waals surface area contributed by atoms with E-state index >= 15 is 0 Å². The molecular weight excluding hydrogens is 292 g/mol. The van der Waals surface area contributed by atoms with E-state index in [2.05, 4.69) is 0 Å². The zero-order valence-electron chi connectivity index (χ0n) is 11.6. The van der Waals surface area contributed by atoms with Gasteiger partial charge in [-0.25, -0.2) is 0 Å². The van der Waals surface area contributed by atoms with Crippen molar-refractivity contribution in [1.29, 1.82) is 0 Å². The number of rotatable bonds is 3. The first-order chi connectivity index (χ1) is 9.61. The van der Waals surface area contributed by atoms with Gasteiger partial charge in [0.25, 0.3) is 11.6 Å². The molecule has 0 aromatic rings. The van der Waals surface area contributed by atoms with E-state index in [4.69, 9.17) is 24.4 Å². The minimum atomic E-state index is -0.600. The third-order valence-electron chi connectivity index (χ3n) is 3.88. The number of likely N-dealkylation sites (tertiary alicyclic amines) is 2. The van der Waals surface area contributed by atoms with Crippen molar-refractivity contribution in [2.45, 2.75) is 38.5 Å². The average Bonchev–Trinajstić information content (AvgIpc) is 2.53. The van der Waals surface area contributed by atoms with Gasteiger partial charge in [-0.3, -0.25) is 9.59 Å². The summed E-state index contributed by atoms with van der Waals surface area (Å²) in [6, 6.07) is 0. The van der Waals surface area contributed by atoms with Crippen LogP contribution in [0.4, 0.5) is 0 Å². The van der Waals surface area contributed by atoms with Crippen molar-refractivity contribution in [2.75, 3.05) is 26.2 Å². The van der Waals surface area contributed by atoms with Gasteiger partial charge in [-0.1, -0.05) is 24.4 Å². The maximum Gasteiger partial charge on any atom is 0.263 e. The topological polar surface area (TPSA) is 40.6 Å². The summed E-state index contributed by atoms with van der Waals surface area (Å²) in [5.41, 5.74) is 0. The summed E-state index contributed by atoms with van der Waals surface area (Å²) >= 11 is 10.3. The number of Topliss-reactive ketones (excluding diaryl/α,β-unsaturated/α-hetero) is 2. The molecule has 2 heterocycles. The predicted molar refractivity (Wildman–Crippen MR) is 86.1 cm³/mol. The Morgan fingerprint density at radius 1 is 0.600 bits per heavy atom. The number of carbonyl (C=O) groups excluding carboxylic acids is 2. The van der Waals surface area contributed by atoms with Crippen molar-refractivity contribution in [2.24, 2.45) is 0 Å². The lowest BCUT2D eigenvalue weighted by Crippen LogP contribution is -2.47. The van der Waals surface area contributed by atoms with Crippen LogP contribution >= 0.6 is 24.4 Å². The van der Waals surface area contributed by atoms with Gasteiger partial charge in [-0.15, -0.1) is 0 Å². The first-order valence-corrected chi connectivity index (χ1v) is 8.10. The molecule has 0 amide bonds. The SMILES string of the molecule is O=C(C(=O)C(=S)N1CCCCC1)C(=S)N1CCCCC1. The number of nitrogens with zero attached hydrogens (tertiary/aromatic N) is 2. The van der Waals surface area contributed by atoms with Crippen LogP contribution in [0.1, 0.15) is 38.5 Å². The molecule has 0 aliphatic carbocycles. The van der Waals surface area contributed by atoms with E-state index < -0.39 is 11.6 Å². The zero-order chi connectivity index (χ0) is 14.5. The molecule has 0 N–H and O–H groups in total. The van der Waals surface area contributed by atoms with E-state index in [-0.39, 0.29) is 9.98 Å². The molecule has 0 unspecified atom stereocenters. The van der Waals surface area contributed by atoms with E-state index in [1.54, 1.807) is 0 Å². The second-order valence-corrected chi connectivity index (χ2v) is 6.14. The summed E-state index contributed by atoms with van der Waals surface area (Å²) in [7, 11) is 0. The number of ketones is 2. The molecule has 0 bridgehead atoms. The van der Waals surface area contributed by atoms with Crippen LogP contribution in [-0.2, 0) is 9.59 Å². The van der Waals surface area contributed by atoms with E-state index in [1.165, 1.54) is 0 Å². The van der Waals surface area contributed by atoms with Crippen molar-refractivity contribution >= 4 is 46.0 Å². The lowest BCUT2D eigenvalue weighted by atomic mass is 10.1. The van der Waals surface area contributed by atoms with Crippen LogP contribution in [0.2, 0.25) is 0 Å². The second-order valence-electron chi connectivity index (χ2n) is 5.36. The van der Waals surface area contributed by atoms with E-state index in [9.17, 15) is 9.59 Å². The molecule has 0 spiro atoms. The van der Waals surface area contributed by atoms with Crippen molar-refractivity contribution in [3.05, 3.63) is 0 Å². The molecule has 2 rings (SSSR count). The number of hydrogen-bond donors (Lipinski definition) is 0. The smallest absolute Gasteiger partial charge is 0.263 e. The van der Waals surface area contributed by atoms with Crippen molar-refractivity contribution in [3.8, 4) is 0 Å². The van der Waals surface area contributed by atoms with Crippen LogP contribution in [0.25, 0.3) is 0 Å². The molecule has 110 valence electrons. The molecule has 2 fully saturated rings. The van der Waals surface area contributed by atoms with E-state index in [0.717, 1.165) is 64.7 Å². The lowest BCUT2D eigenvalue weighted by Gasteiger charge is -2.30. The first-order valence-electron chi connectivity index (χ1n) is 7.28. The molecule has 2 saturated heterocycles. The number of carbonyl (C=O) groups is 2. The number of piperidine rings is 2. The Morgan fingerprint density at radius 3 is 1.20 bits per heavy atom.